The molecule has 0 spiro atoms. The summed E-state index contributed by atoms with van der Waals surface area (Å²) in [6.45, 7) is 1.91. The highest BCUT2D eigenvalue weighted by Crippen LogP contribution is 2.27. The van der Waals surface area contributed by atoms with Crippen molar-refractivity contribution >= 4 is 48.0 Å². The zero-order valence-corrected chi connectivity index (χ0v) is 17.3. The lowest BCUT2D eigenvalue weighted by Gasteiger charge is -2.16. The van der Waals surface area contributed by atoms with E-state index in [1.165, 1.54) is 0 Å². The standard InChI is InChI=1S/C20H24N4O2.2ClH/c1-13-5-6-16(23-19(25)11-15-3-2-4-17(15)21)12-18(13)24-20(26)14-7-9-22-10-8-14;;/h5-10,12,15,17H,2-4,11,21H2,1H3,(H,23,25)(H,24,26);2*1H/t15-,17+;;/m0../s1. The van der Waals surface area contributed by atoms with Crippen LogP contribution in [0.25, 0.3) is 0 Å². The highest BCUT2D eigenvalue weighted by atomic mass is 35.5. The van der Waals surface area contributed by atoms with Gasteiger partial charge in [-0.15, -0.1) is 24.8 Å². The first kappa shape index (κ1) is 23.9. The van der Waals surface area contributed by atoms with Crippen molar-refractivity contribution in [2.75, 3.05) is 10.6 Å². The number of aromatic nitrogens is 1. The number of nitrogens with zero attached hydrogens (tertiary/aromatic N) is 1. The van der Waals surface area contributed by atoms with Crippen LogP contribution in [0, 0.1) is 12.8 Å². The Morgan fingerprint density at radius 1 is 1.11 bits per heavy atom. The Balaban J connectivity index is 0.00000196. The van der Waals surface area contributed by atoms with E-state index >= 15 is 0 Å². The minimum absolute atomic E-state index is 0. The number of amides is 2. The number of carbonyl (C=O) groups excluding carboxylic acids is 2. The maximum atomic E-state index is 12.3. The van der Waals surface area contributed by atoms with E-state index in [9.17, 15) is 9.59 Å². The summed E-state index contributed by atoms with van der Waals surface area (Å²) in [4.78, 5) is 28.5. The lowest BCUT2D eigenvalue weighted by Crippen LogP contribution is -2.28. The molecule has 0 aliphatic heterocycles. The molecule has 3 rings (SSSR count). The van der Waals surface area contributed by atoms with Crippen LogP contribution >= 0.6 is 24.8 Å². The van der Waals surface area contributed by atoms with Gasteiger partial charge in [-0.3, -0.25) is 14.6 Å². The van der Waals surface area contributed by atoms with Crippen molar-refractivity contribution in [2.24, 2.45) is 11.7 Å². The van der Waals surface area contributed by atoms with Crippen LogP contribution in [0.1, 0.15) is 41.6 Å². The zero-order chi connectivity index (χ0) is 18.5. The van der Waals surface area contributed by atoms with Gasteiger partial charge in [0.25, 0.3) is 5.91 Å². The molecule has 0 radical (unpaired) electrons. The smallest absolute Gasteiger partial charge is 0.255 e. The first-order chi connectivity index (χ1) is 12.5. The summed E-state index contributed by atoms with van der Waals surface area (Å²) in [5.74, 6) is 0.00447. The van der Waals surface area contributed by atoms with E-state index in [0.29, 0.717) is 23.4 Å². The predicted octanol–water partition coefficient (Wildman–Crippen LogP) is 3.94. The van der Waals surface area contributed by atoms with Gasteiger partial charge in [-0.25, -0.2) is 0 Å². The van der Waals surface area contributed by atoms with Gasteiger partial charge >= 0.3 is 0 Å². The van der Waals surface area contributed by atoms with Gasteiger partial charge in [0.15, 0.2) is 0 Å². The number of rotatable bonds is 5. The van der Waals surface area contributed by atoms with Gasteiger partial charge in [0.2, 0.25) is 5.91 Å². The molecule has 28 heavy (non-hydrogen) atoms. The third-order valence-electron chi connectivity index (χ3n) is 4.88. The molecule has 1 aliphatic rings. The monoisotopic (exact) mass is 424 g/mol. The summed E-state index contributed by atoms with van der Waals surface area (Å²) in [6, 6.07) is 8.92. The second-order valence-electron chi connectivity index (χ2n) is 6.83. The highest BCUT2D eigenvalue weighted by molar-refractivity contribution is 6.05. The van der Waals surface area contributed by atoms with Gasteiger partial charge in [-0.2, -0.15) is 0 Å². The summed E-state index contributed by atoms with van der Waals surface area (Å²) < 4.78 is 0. The molecular formula is C20H26Cl2N4O2. The summed E-state index contributed by atoms with van der Waals surface area (Å²) in [5.41, 5.74) is 8.83. The Kier molecular flexibility index (Phi) is 9.38. The molecule has 1 aliphatic carbocycles. The molecule has 0 bridgehead atoms. The van der Waals surface area contributed by atoms with Gasteiger partial charge in [-0.05, 0) is 55.5 Å². The molecule has 1 fully saturated rings. The van der Waals surface area contributed by atoms with Crippen LogP contribution in [0.2, 0.25) is 0 Å². The van der Waals surface area contributed by atoms with E-state index in [0.717, 1.165) is 24.8 Å². The molecule has 0 saturated heterocycles. The Morgan fingerprint density at radius 2 is 1.82 bits per heavy atom. The number of aryl methyl sites for hydroxylation is 1. The second kappa shape index (κ2) is 11.0. The van der Waals surface area contributed by atoms with Gasteiger partial charge in [0.1, 0.15) is 0 Å². The fraction of sp³-hybridized carbons (Fsp3) is 0.350. The average Bonchev–Trinajstić information content (AvgIpc) is 3.03. The van der Waals surface area contributed by atoms with E-state index in [4.69, 9.17) is 5.73 Å². The number of benzene rings is 1. The molecule has 1 heterocycles. The van der Waals surface area contributed by atoms with Crippen molar-refractivity contribution in [3.05, 3.63) is 53.9 Å². The van der Waals surface area contributed by atoms with E-state index < -0.39 is 0 Å². The molecule has 0 unspecified atom stereocenters. The Bertz CT molecular complexity index is 802. The van der Waals surface area contributed by atoms with E-state index in [2.05, 4.69) is 15.6 Å². The summed E-state index contributed by atoms with van der Waals surface area (Å²) in [6.07, 6.45) is 6.68. The molecule has 8 heteroatoms. The Morgan fingerprint density at radius 3 is 2.46 bits per heavy atom. The van der Waals surface area contributed by atoms with Crippen molar-refractivity contribution in [1.82, 2.24) is 4.98 Å². The van der Waals surface area contributed by atoms with Crippen molar-refractivity contribution in [1.29, 1.82) is 0 Å². The number of pyridine rings is 1. The highest BCUT2D eigenvalue weighted by Gasteiger charge is 2.26. The van der Waals surface area contributed by atoms with Gasteiger partial charge in [0.05, 0.1) is 0 Å². The predicted molar refractivity (Wildman–Crippen MR) is 116 cm³/mol. The van der Waals surface area contributed by atoms with Crippen LogP contribution in [0.15, 0.2) is 42.7 Å². The maximum absolute atomic E-state index is 12.3. The van der Waals surface area contributed by atoms with Crippen LogP contribution < -0.4 is 16.4 Å². The molecule has 1 saturated carbocycles. The molecule has 6 nitrogen and oxygen atoms in total. The lowest BCUT2D eigenvalue weighted by atomic mass is 10.00. The molecule has 1 aromatic carbocycles. The van der Waals surface area contributed by atoms with Crippen LogP contribution in [0.5, 0.6) is 0 Å². The first-order valence-corrected chi connectivity index (χ1v) is 8.90. The van der Waals surface area contributed by atoms with Crippen molar-refractivity contribution in [2.45, 2.75) is 38.6 Å². The quantitative estimate of drug-likeness (QED) is 0.676. The summed E-state index contributed by atoms with van der Waals surface area (Å²) >= 11 is 0. The number of nitrogens with two attached hydrogens (primary N) is 1. The molecule has 152 valence electrons. The van der Waals surface area contributed by atoms with Crippen molar-refractivity contribution in [3.63, 3.8) is 0 Å². The van der Waals surface area contributed by atoms with Crippen LogP contribution in [0.4, 0.5) is 11.4 Å². The van der Waals surface area contributed by atoms with Crippen molar-refractivity contribution in [3.8, 4) is 0 Å². The molecule has 2 atom stereocenters. The summed E-state index contributed by atoms with van der Waals surface area (Å²) in [5, 5.41) is 5.80. The zero-order valence-electron chi connectivity index (χ0n) is 15.7. The second-order valence-corrected chi connectivity index (χ2v) is 6.83. The largest absolute Gasteiger partial charge is 0.327 e. The lowest BCUT2D eigenvalue weighted by molar-refractivity contribution is -0.117. The van der Waals surface area contributed by atoms with Gasteiger partial charge in [0, 0.05) is 41.8 Å². The average molecular weight is 425 g/mol. The number of halogens is 2. The SMILES string of the molecule is Cc1ccc(NC(=O)C[C@@H]2CCC[C@H]2N)cc1NC(=O)c1ccncc1.Cl.Cl. The van der Waals surface area contributed by atoms with Crippen LogP contribution in [-0.2, 0) is 4.79 Å². The molecule has 4 N–H and O–H groups in total. The number of anilines is 2. The molecule has 2 amide bonds. The fourth-order valence-electron chi connectivity index (χ4n) is 3.30. The fourth-order valence-corrected chi connectivity index (χ4v) is 3.30. The first-order valence-electron chi connectivity index (χ1n) is 8.90. The number of hydrogen-bond donors (Lipinski definition) is 3. The molecular weight excluding hydrogens is 399 g/mol. The Hall–Kier alpha value is -2.15. The van der Waals surface area contributed by atoms with Gasteiger partial charge < -0.3 is 16.4 Å². The van der Waals surface area contributed by atoms with Crippen LogP contribution in [0.3, 0.4) is 0 Å². The third-order valence-corrected chi connectivity index (χ3v) is 4.88. The van der Waals surface area contributed by atoms with Gasteiger partial charge in [-0.1, -0.05) is 12.5 Å². The number of hydrogen-bond acceptors (Lipinski definition) is 4. The summed E-state index contributed by atoms with van der Waals surface area (Å²) in [7, 11) is 0. The molecule has 1 aromatic heterocycles. The minimum atomic E-state index is -0.212. The number of nitrogens with one attached hydrogen (secondary N) is 2. The van der Waals surface area contributed by atoms with E-state index in [1.807, 2.05) is 19.1 Å². The number of carbonyl (C=O) groups is 2. The van der Waals surface area contributed by atoms with Crippen molar-refractivity contribution < 1.29 is 9.59 Å². The molecule has 2 aromatic rings. The maximum Gasteiger partial charge on any atom is 0.255 e. The van der Waals surface area contributed by atoms with E-state index in [1.54, 1.807) is 30.6 Å². The van der Waals surface area contributed by atoms with E-state index in [-0.39, 0.29) is 48.6 Å². The third kappa shape index (κ3) is 6.19. The normalized spacial score (nSPS) is 17.8. The van der Waals surface area contributed by atoms with Crippen LogP contribution in [-0.4, -0.2) is 22.8 Å². The topological polar surface area (TPSA) is 97.1 Å². The Labute approximate surface area is 177 Å². The minimum Gasteiger partial charge on any atom is -0.327 e.